The van der Waals surface area contributed by atoms with Crippen LogP contribution in [0.1, 0.15) is 12.0 Å². The molecular formula is C10H13F2NO. The monoisotopic (exact) mass is 201 g/mol. The van der Waals surface area contributed by atoms with E-state index in [1.165, 1.54) is 0 Å². The van der Waals surface area contributed by atoms with Crippen LogP contribution in [0.5, 0.6) is 0 Å². The van der Waals surface area contributed by atoms with Gasteiger partial charge in [-0.15, -0.1) is 0 Å². The highest BCUT2D eigenvalue weighted by Crippen LogP contribution is 2.10. The lowest BCUT2D eigenvalue weighted by atomic mass is 10.2. The predicted octanol–water partition coefficient (Wildman–Crippen LogP) is 1.83. The first-order valence-electron chi connectivity index (χ1n) is 4.46. The molecule has 0 heterocycles. The summed E-state index contributed by atoms with van der Waals surface area (Å²) in [7, 11) is 0. The van der Waals surface area contributed by atoms with E-state index >= 15 is 0 Å². The van der Waals surface area contributed by atoms with Crippen LogP contribution < -0.4 is 5.73 Å². The first-order chi connectivity index (χ1) is 6.74. The standard InChI is InChI=1S/C10H13F2NO/c11-9-2-3-10(12)8(6-9)7-14-5-1-4-13/h2-3,6H,1,4-5,7,13H2. The molecule has 2 nitrogen and oxygen atoms in total. The summed E-state index contributed by atoms with van der Waals surface area (Å²) < 4.78 is 30.8. The number of rotatable bonds is 5. The maximum absolute atomic E-state index is 13.0. The Bertz CT molecular complexity index is 291. The van der Waals surface area contributed by atoms with Crippen LogP contribution in [-0.4, -0.2) is 13.2 Å². The van der Waals surface area contributed by atoms with Gasteiger partial charge in [-0.2, -0.15) is 0 Å². The number of ether oxygens (including phenoxy) is 1. The minimum Gasteiger partial charge on any atom is -0.377 e. The van der Waals surface area contributed by atoms with E-state index in [0.29, 0.717) is 13.2 Å². The van der Waals surface area contributed by atoms with Gasteiger partial charge in [-0.3, -0.25) is 0 Å². The summed E-state index contributed by atoms with van der Waals surface area (Å²) in [6.07, 6.45) is 0.719. The molecule has 4 heteroatoms. The highest BCUT2D eigenvalue weighted by molar-refractivity contribution is 5.17. The quantitative estimate of drug-likeness (QED) is 0.737. The second-order valence-electron chi connectivity index (χ2n) is 2.93. The van der Waals surface area contributed by atoms with E-state index in [0.717, 1.165) is 24.6 Å². The SMILES string of the molecule is NCCCOCc1cc(F)ccc1F. The normalized spacial score (nSPS) is 10.5. The van der Waals surface area contributed by atoms with Crippen LogP contribution >= 0.6 is 0 Å². The summed E-state index contributed by atoms with van der Waals surface area (Å²) in [5, 5.41) is 0. The van der Waals surface area contributed by atoms with Crippen LogP contribution in [0.3, 0.4) is 0 Å². The van der Waals surface area contributed by atoms with E-state index in [-0.39, 0.29) is 12.2 Å². The number of hydrogen-bond acceptors (Lipinski definition) is 2. The van der Waals surface area contributed by atoms with Gasteiger partial charge in [0.15, 0.2) is 0 Å². The Balaban J connectivity index is 2.45. The molecule has 0 aromatic heterocycles. The van der Waals surface area contributed by atoms with Gasteiger partial charge in [0.05, 0.1) is 6.61 Å². The summed E-state index contributed by atoms with van der Waals surface area (Å²) >= 11 is 0. The van der Waals surface area contributed by atoms with E-state index in [2.05, 4.69) is 0 Å². The van der Waals surface area contributed by atoms with Gasteiger partial charge in [0.25, 0.3) is 0 Å². The topological polar surface area (TPSA) is 35.2 Å². The van der Waals surface area contributed by atoms with Gasteiger partial charge in [0.2, 0.25) is 0 Å². The van der Waals surface area contributed by atoms with Crippen molar-refractivity contribution < 1.29 is 13.5 Å². The molecule has 1 aromatic rings. The molecule has 0 saturated carbocycles. The van der Waals surface area contributed by atoms with Gasteiger partial charge >= 0.3 is 0 Å². The van der Waals surface area contributed by atoms with E-state index < -0.39 is 11.6 Å². The van der Waals surface area contributed by atoms with Crippen molar-refractivity contribution in [1.29, 1.82) is 0 Å². The first-order valence-corrected chi connectivity index (χ1v) is 4.46. The molecule has 0 aliphatic rings. The Labute approximate surface area is 81.7 Å². The number of benzene rings is 1. The fourth-order valence-corrected chi connectivity index (χ4v) is 1.02. The van der Waals surface area contributed by atoms with Gasteiger partial charge < -0.3 is 10.5 Å². The van der Waals surface area contributed by atoms with Gasteiger partial charge in [0.1, 0.15) is 11.6 Å². The lowest BCUT2D eigenvalue weighted by molar-refractivity contribution is 0.117. The van der Waals surface area contributed by atoms with Crippen molar-refractivity contribution in [2.75, 3.05) is 13.2 Å². The lowest BCUT2D eigenvalue weighted by Gasteiger charge is -2.04. The van der Waals surface area contributed by atoms with Crippen molar-refractivity contribution in [2.24, 2.45) is 5.73 Å². The molecule has 1 aromatic carbocycles. The van der Waals surface area contributed by atoms with Gasteiger partial charge in [0, 0.05) is 12.2 Å². The molecule has 0 radical (unpaired) electrons. The molecule has 0 amide bonds. The number of nitrogens with two attached hydrogens (primary N) is 1. The summed E-state index contributed by atoms with van der Waals surface area (Å²) in [5.74, 6) is -0.900. The third-order valence-corrected chi connectivity index (χ3v) is 1.76. The summed E-state index contributed by atoms with van der Waals surface area (Å²) in [6, 6.07) is 3.31. The third kappa shape index (κ3) is 3.40. The molecule has 14 heavy (non-hydrogen) atoms. The highest BCUT2D eigenvalue weighted by Gasteiger charge is 2.03. The van der Waals surface area contributed by atoms with Crippen LogP contribution in [0, 0.1) is 11.6 Å². The second-order valence-corrected chi connectivity index (χ2v) is 2.93. The third-order valence-electron chi connectivity index (χ3n) is 1.76. The zero-order chi connectivity index (χ0) is 10.4. The maximum atomic E-state index is 13.0. The zero-order valence-corrected chi connectivity index (χ0v) is 7.80. The van der Waals surface area contributed by atoms with Gasteiger partial charge in [-0.05, 0) is 31.2 Å². The van der Waals surface area contributed by atoms with E-state index in [1.54, 1.807) is 0 Å². The van der Waals surface area contributed by atoms with Gasteiger partial charge in [-0.25, -0.2) is 8.78 Å². The summed E-state index contributed by atoms with van der Waals surface area (Å²) in [6.45, 7) is 1.08. The molecule has 0 aliphatic heterocycles. The largest absolute Gasteiger partial charge is 0.377 e. The Kier molecular flexibility index (Phi) is 4.49. The molecule has 1 rings (SSSR count). The second kappa shape index (κ2) is 5.67. The highest BCUT2D eigenvalue weighted by atomic mass is 19.1. The Hall–Kier alpha value is -1.00. The van der Waals surface area contributed by atoms with Crippen molar-refractivity contribution in [2.45, 2.75) is 13.0 Å². The summed E-state index contributed by atoms with van der Waals surface area (Å²) in [4.78, 5) is 0. The van der Waals surface area contributed by atoms with Crippen molar-refractivity contribution in [1.82, 2.24) is 0 Å². The van der Waals surface area contributed by atoms with E-state index in [1.807, 2.05) is 0 Å². The minimum absolute atomic E-state index is 0.0869. The van der Waals surface area contributed by atoms with Crippen LogP contribution in [0.2, 0.25) is 0 Å². The first kappa shape index (κ1) is 11.1. The molecule has 0 spiro atoms. The molecule has 78 valence electrons. The van der Waals surface area contributed by atoms with Crippen LogP contribution in [0.25, 0.3) is 0 Å². The molecule has 0 unspecified atom stereocenters. The average molecular weight is 201 g/mol. The van der Waals surface area contributed by atoms with Crippen molar-refractivity contribution >= 4 is 0 Å². The lowest BCUT2D eigenvalue weighted by Crippen LogP contribution is -2.05. The zero-order valence-electron chi connectivity index (χ0n) is 7.80. The van der Waals surface area contributed by atoms with Crippen LogP contribution in [0.4, 0.5) is 8.78 Å². The van der Waals surface area contributed by atoms with Crippen molar-refractivity contribution in [3.63, 3.8) is 0 Å². The Morgan fingerprint density at radius 1 is 1.29 bits per heavy atom. The van der Waals surface area contributed by atoms with Crippen molar-refractivity contribution in [3.05, 3.63) is 35.4 Å². The van der Waals surface area contributed by atoms with E-state index in [4.69, 9.17) is 10.5 Å². The van der Waals surface area contributed by atoms with E-state index in [9.17, 15) is 8.78 Å². The fourth-order valence-electron chi connectivity index (χ4n) is 1.02. The van der Waals surface area contributed by atoms with Gasteiger partial charge in [-0.1, -0.05) is 0 Å². The molecule has 0 aliphatic carbocycles. The van der Waals surface area contributed by atoms with Crippen molar-refractivity contribution in [3.8, 4) is 0 Å². The number of hydrogen-bond donors (Lipinski definition) is 1. The fraction of sp³-hybridized carbons (Fsp3) is 0.400. The Morgan fingerprint density at radius 2 is 2.07 bits per heavy atom. The Morgan fingerprint density at radius 3 is 2.79 bits per heavy atom. The van der Waals surface area contributed by atoms with Crippen LogP contribution in [0.15, 0.2) is 18.2 Å². The summed E-state index contributed by atoms with van der Waals surface area (Å²) in [5.41, 5.74) is 5.49. The minimum atomic E-state index is -0.455. The molecule has 0 bridgehead atoms. The molecule has 0 atom stereocenters. The molecular weight excluding hydrogens is 188 g/mol. The van der Waals surface area contributed by atoms with Crippen LogP contribution in [-0.2, 0) is 11.3 Å². The molecule has 2 N–H and O–H groups in total. The average Bonchev–Trinajstić information content (AvgIpc) is 2.18. The number of halogens is 2. The molecule has 0 fully saturated rings. The smallest absolute Gasteiger partial charge is 0.128 e. The molecule has 0 saturated heterocycles. The predicted molar refractivity (Wildman–Crippen MR) is 49.7 cm³/mol. The maximum Gasteiger partial charge on any atom is 0.128 e.